The average Bonchev–Trinajstić information content (AvgIpc) is 3.22. The van der Waals surface area contributed by atoms with Crippen molar-refractivity contribution in [3.05, 3.63) is 58.1 Å². The molecule has 0 saturated carbocycles. The number of carbonyl (C=O) groups excluding carboxylic acids is 3. The first-order chi connectivity index (χ1) is 22.5. The lowest BCUT2D eigenvalue weighted by Crippen LogP contribution is -2.80. The molecular formula is C36H48BrN5O5. The Morgan fingerprint density at radius 3 is 2.47 bits per heavy atom. The third-order valence-electron chi connectivity index (χ3n) is 11.7. The van der Waals surface area contributed by atoms with Crippen LogP contribution < -0.4 is 10.4 Å². The van der Waals surface area contributed by atoms with Gasteiger partial charge in [-0.1, -0.05) is 32.0 Å². The molecule has 2 aromatic carbocycles. The topological polar surface area (TPSA) is 116 Å². The smallest absolute Gasteiger partial charge is 0.322 e. The van der Waals surface area contributed by atoms with Gasteiger partial charge in [0, 0.05) is 55.8 Å². The number of aromatic hydroxyl groups is 1. The van der Waals surface area contributed by atoms with Crippen molar-refractivity contribution in [3.63, 3.8) is 0 Å². The lowest BCUT2D eigenvalue weighted by molar-refractivity contribution is -0.956. The Balaban J connectivity index is 1.34. The molecule has 0 bridgehead atoms. The van der Waals surface area contributed by atoms with E-state index in [0.717, 1.165) is 49.0 Å². The van der Waals surface area contributed by atoms with E-state index in [0.29, 0.717) is 54.8 Å². The molecule has 3 amide bonds. The summed E-state index contributed by atoms with van der Waals surface area (Å²) in [4.78, 5) is 46.8. The van der Waals surface area contributed by atoms with Crippen molar-refractivity contribution in [3.8, 4) is 5.75 Å². The average molecular weight is 711 g/mol. The highest BCUT2D eigenvalue weighted by Crippen LogP contribution is 2.46. The fourth-order valence-electron chi connectivity index (χ4n) is 8.81. The number of nitrogens with zero attached hydrogens (tertiary/aromatic N) is 4. The minimum Gasteiger partial charge on any atom is -0.507 e. The lowest BCUT2D eigenvalue weighted by Gasteiger charge is -2.62. The number of piperidine rings is 3. The number of hydrogen-bond acceptors (Lipinski definition) is 7. The first kappa shape index (κ1) is 33.9. The number of nitrogens with one attached hydrogen (secondary N) is 1. The second kappa shape index (κ2) is 13.5. The summed E-state index contributed by atoms with van der Waals surface area (Å²) in [6.45, 7) is 8.95. The zero-order valence-electron chi connectivity index (χ0n) is 27.6. The SMILES string of the molecule is CC1(C)CCN(C2CCN(C3(CC=O)CC(N4CCc5ccccc5NC4=O)CC[N@+]3(Cc3ccc(O)c(Br)c3)C(=O)[O-])CC2)CC1. The molecule has 4 aliphatic rings. The minimum atomic E-state index is -1.22. The number of carbonyl (C=O) groups is 3. The van der Waals surface area contributed by atoms with Crippen LogP contribution in [0.3, 0.4) is 0 Å². The summed E-state index contributed by atoms with van der Waals surface area (Å²) in [6, 6.07) is 12.8. The van der Waals surface area contributed by atoms with E-state index in [1.807, 2.05) is 29.2 Å². The van der Waals surface area contributed by atoms with Crippen molar-refractivity contribution in [1.82, 2.24) is 14.7 Å². The maximum Gasteiger partial charge on any atom is 0.322 e. The molecule has 0 radical (unpaired) electrons. The van der Waals surface area contributed by atoms with Gasteiger partial charge in [-0.15, -0.1) is 0 Å². The predicted molar refractivity (Wildman–Crippen MR) is 182 cm³/mol. The summed E-state index contributed by atoms with van der Waals surface area (Å²) < 4.78 is 0.0474. The van der Waals surface area contributed by atoms with Crippen LogP contribution in [-0.2, 0) is 17.8 Å². The van der Waals surface area contributed by atoms with Crippen LogP contribution in [0.25, 0.3) is 0 Å². The number of fused-ring (bicyclic) bond motifs is 1. The number of amides is 3. The van der Waals surface area contributed by atoms with E-state index in [4.69, 9.17) is 0 Å². The van der Waals surface area contributed by atoms with Gasteiger partial charge in [0.15, 0.2) is 5.66 Å². The number of halogens is 1. The Hall–Kier alpha value is -2.99. The number of urea groups is 1. The molecule has 11 heteroatoms. The van der Waals surface area contributed by atoms with Crippen molar-refractivity contribution in [2.75, 3.05) is 44.6 Å². The van der Waals surface area contributed by atoms with Crippen LogP contribution in [0.2, 0.25) is 0 Å². The highest BCUT2D eigenvalue weighted by Gasteiger charge is 2.61. The number of phenols is 1. The Bertz CT molecular complexity index is 1490. The maximum atomic E-state index is 13.7. The molecule has 10 nitrogen and oxygen atoms in total. The quantitative estimate of drug-likeness (QED) is 0.309. The second-order valence-electron chi connectivity index (χ2n) is 14.9. The summed E-state index contributed by atoms with van der Waals surface area (Å²) in [5, 5.41) is 26.9. The van der Waals surface area contributed by atoms with E-state index in [1.165, 1.54) is 12.8 Å². The van der Waals surface area contributed by atoms with Crippen molar-refractivity contribution >= 4 is 40.0 Å². The van der Waals surface area contributed by atoms with Gasteiger partial charge in [-0.25, -0.2) is 4.79 Å². The standard InChI is InChI=1S/C36H48BrN5O5/c1-35(2)13-19-39(20-14-35)28-10-16-40(17-11-28)36(15-22-43)24-29(41-18-9-27-5-3-4-6-31(27)38-33(41)45)12-21-42(36,34(46)47)25-26-7-8-32(44)30(37)23-26/h3-8,22-23,28-29H,9-21,24-25H2,1-2H3,(H2-,38,44,45,46,47)/t29?,36?,42-/m0/s1. The minimum absolute atomic E-state index is 0.00892. The summed E-state index contributed by atoms with van der Waals surface area (Å²) in [6.07, 6.45) is 5.25. The van der Waals surface area contributed by atoms with Gasteiger partial charge in [0.2, 0.25) is 0 Å². The molecular weight excluding hydrogens is 662 g/mol. The summed E-state index contributed by atoms with van der Waals surface area (Å²) in [7, 11) is 0. The Morgan fingerprint density at radius 2 is 1.79 bits per heavy atom. The number of carboxylic acid groups (broad SMARTS) is 1. The second-order valence-corrected chi connectivity index (χ2v) is 15.7. The number of likely N-dealkylation sites (tertiary alicyclic amines) is 3. The van der Waals surface area contributed by atoms with Crippen LogP contribution in [0, 0.1) is 5.41 Å². The molecule has 2 unspecified atom stereocenters. The van der Waals surface area contributed by atoms with Gasteiger partial charge in [0.1, 0.15) is 18.6 Å². The first-order valence-electron chi connectivity index (χ1n) is 17.1. The first-order valence-corrected chi connectivity index (χ1v) is 17.9. The highest BCUT2D eigenvalue weighted by atomic mass is 79.9. The van der Waals surface area contributed by atoms with E-state index in [-0.39, 0.29) is 37.3 Å². The number of para-hydroxylation sites is 1. The van der Waals surface area contributed by atoms with Gasteiger partial charge < -0.3 is 34.9 Å². The maximum absolute atomic E-state index is 13.7. The third kappa shape index (κ3) is 6.56. The lowest BCUT2D eigenvalue weighted by atomic mass is 9.80. The molecule has 6 rings (SSSR count). The Labute approximate surface area is 286 Å². The van der Waals surface area contributed by atoms with Crippen LogP contribution in [0.1, 0.15) is 69.9 Å². The van der Waals surface area contributed by atoms with Crippen LogP contribution in [0.15, 0.2) is 46.9 Å². The molecule has 4 aliphatic heterocycles. The van der Waals surface area contributed by atoms with Crippen molar-refractivity contribution in [1.29, 1.82) is 0 Å². The Morgan fingerprint density at radius 1 is 1.06 bits per heavy atom. The zero-order chi connectivity index (χ0) is 33.4. The van der Waals surface area contributed by atoms with Crippen molar-refractivity contribution in [2.24, 2.45) is 5.41 Å². The number of rotatable bonds is 7. The fraction of sp³-hybridized carbons (Fsp3) is 0.583. The molecule has 3 saturated heterocycles. The number of phenolic OH excluding ortho intramolecular Hbond substituents is 1. The molecule has 0 spiro atoms. The van der Waals surface area contributed by atoms with Crippen LogP contribution in [0.5, 0.6) is 5.75 Å². The van der Waals surface area contributed by atoms with Gasteiger partial charge >= 0.3 is 6.03 Å². The summed E-state index contributed by atoms with van der Waals surface area (Å²) in [5.41, 5.74) is 1.83. The molecule has 4 heterocycles. The van der Waals surface area contributed by atoms with E-state index >= 15 is 0 Å². The number of benzene rings is 2. The van der Waals surface area contributed by atoms with E-state index in [1.54, 1.807) is 18.2 Å². The number of anilines is 1. The Kier molecular flexibility index (Phi) is 9.73. The molecule has 254 valence electrons. The molecule has 47 heavy (non-hydrogen) atoms. The number of hydrogen-bond donors (Lipinski definition) is 2. The molecule has 2 N–H and O–H groups in total. The third-order valence-corrected chi connectivity index (χ3v) is 12.4. The van der Waals surface area contributed by atoms with Gasteiger partial charge in [-0.05, 0) is 96.4 Å². The number of quaternary nitrogens is 1. The van der Waals surface area contributed by atoms with Crippen LogP contribution in [0.4, 0.5) is 15.3 Å². The predicted octanol–water partition coefficient (Wildman–Crippen LogP) is 4.94. The zero-order valence-corrected chi connectivity index (χ0v) is 29.2. The monoisotopic (exact) mass is 709 g/mol. The van der Waals surface area contributed by atoms with Gasteiger partial charge in [-0.2, -0.15) is 0 Å². The molecule has 3 fully saturated rings. The van der Waals surface area contributed by atoms with Crippen LogP contribution in [-0.4, -0.2) is 99.7 Å². The fourth-order valence-corrected chi connectivity index (χ4v) is 9.24. The summed E-state index contributed by atoms with van der Waals surface area (Å²) >= 11 is 3.40. The molecule has 0 aromatic heterocycles. The molecule has 3 atom stereocenters. The van der Waals surface area contributed by atoms with E-state index in [9.17, 15) is 24.6 Å². The normalized spacial score (nSPS) is 29.0. The summed E-state index contributed by atoms with van der Waals surface area (Å²) in [5.74, 6) is 0.0722. The number of aldehydes is 1. The van der Waals surface area contributed by atoms with E-state index < -0.39 is 16.2 Å². The van der Waals surface area contributed by atoms with E-state index in [2.05, 4.69) is 44.9 Å². The largest absolute Gasteiger partial charge is 0.507 e. The van der Waals surface area contributed by atoms with Crippen LogP contribution >= 0.6 is 15.9 Å². The van der Waals surface area contributed by atoms with Gasteiger partial charge in [0.05, 0.1) is 17.4 Å². The molecule has 2 aromatic rings. The molecule has 0 aliphatic carbocycles. The van der Waals surface area contributed by atoms with Gasteiger partial charge in [-0.3, -0.25) is 9.38 Å². The van der Waals surface area contributed by atoms with Gasteiger partial charge in [0.25, 0.3) is 6.09 Å². The van der Waals surface area contributed by atoms with Crippen molar-refractivity contribution in [2.45, 2.75) is 89.5 Å². The van der Waals surface area contributed by atoms with Crippen molar-refractivity contribution < 1.29 is 29.1 Å². The highest BCUT2D eigenvalue weighted by molar-refractivity contribution is 9.10.